The fraction of sp³-hybridized carbons (Fsp3) is 0.118. The van der Waals surface area contributed by atoms with Crippen LogP contribution in [-0.2, 0) is 4.79 Å². The molecule has 0 amide bonds. The first-order valence-electron chi connectivity index (χ1n) is 7.21. The van der Waals surface area contributed by atoms with E-state index in [4.69, 9.17) is 26.2 Å². The SMILES string of the molecule is O=C(O)C1=Cc2cc(Cl)c(Oc3cccc(Br)c3Br)cc2OC1C(F)(F)F. The van der Waals surface area contributed by atoms with E-state index in [1.807, 2.05) is 0 Å². The average Bonchev–Trinajstić information content (AvgIpc) is 2.57. The maximum atomic E-state index is 13.2. The molecule has 0 aromatic heterocycles. The molecule has 0 spiro atoms. The number of carboxylic acid groups (broad SMARTS) is 1. The van der Waals surface area contributed by atoms with Gasteiger partial charge in [-0.3, -0.25) is 0 Å². The van der Waals surface area contributed by atoms with Gasteiger partial charge in [0.15, 0.2) is 0 Å². The molecule has 1 atom stereocenters. The number of fused-ring (bicyclic) bond motifs is 1. The highest BCUT2D eigenvalue weighted by atomic mass is 79.9. The fourth-order valence-electron chi connectivity index (χ4n) is 2.38. The minimum absolute atomic E-state index is 0.0577. The van der Waals surface area contributed by atoms with E-state index in [-0.39, 0.29) is 22.1 Å². The van der Waals surface area contributed by atoms with E-state index in [0.717, 1.165) is 6.08 Å². The van der Waals surface area contributed by atoms with Crippen LogP contribution >= 0.6 is 43.5 Å². The highest BCUT2D eigenvalue weighted by Gasteiger charge is 2.48. The molecule has 10 heteroatoms. The van der Waals surface area contributed by atoms with Gasteiger partial charge in [0, 0.05) is 16.1 Å². The van der Waals surface area contributed by atoms with Crippen molar-refractivity contribution in [3.8, 4) is 17.2 Å². The van der Waals surface area contributed by atoms with Gasteiger partial charge in [0.05, 0.1) is 15.1 Å². The van der Waals surface area contributed by atoms with Crippen LogP contribution < -0.4 is 9.47 Å². The summed E-state index contributed by atoms with van der Waals surface area (Å²) >= 11 is 12.8. The number of carboxylic acids is 1. The van der Waals surface area contributed by atoms with Gasteiger partial charge in [-0.1, -0.05) is 17.7 Å². The molecule has 142 valence electrons. The Labute approximate surface area is 172 Å². The summed E-state index contributed by atoms with van der Waals surface area (Å²) in [6.07, 6.45) is -6.59. The first kappa shape index (κ1) is 20.0. The zero-order valence-corrected chi connectivity index (χ0v) is 16.9. The number of ether oxygens (including phenoxy) is 2. The number of rotatable bonds is 3. The third kappa shape index (κ3) is 4.09. The van der Waals surface area contributed by atoms with Gasteiger partial charge < -0.3 is 14.6 Å². The van der Waals surface area contributed by atoms with Gasteiger partial charge in [-0.15, -0.1) is 0 Å². The first-order valence-corrected chi connectivity index (χ1v) is 9.18. The number of benzene rings is 2. The van der Waals surface area contributed by atoms with E-state index in [0.29, 0.717) is 14.7 Å². The minimum Gasteiger partial charge on any atom is -0.478 e. The number of alkyl halides is 3. The largest absolute Gasteiger partial charge is 0.478 e. The smallest absolute Gasteiger partial charge is 0.430 e. The first-order chi connectivity index (χ1) is 12.6. The molecule has 2 aromatic carbocycles. The van der Waals surface area contributed by atoms with Gasteiger partial charge in [0.1, 0.15) is 17.2 Å². The Balaban J connectivity index is 2.04. The fourth-order valence-corrected chi connectivity index (χ4v) is 3.28. The third-order valence-corrected chi connectivity index (χ3v) is 5.89. The Hall–Kier alpha value is -1.71. The van der Waals surface area contributed by atoms with Gasteiger partial charge in [-0.25, -0.2) is 4.79 Å². The maximum Gasteiger partial charge on any atom is 0.430 e. The van der Waals surface area contributed by atoms with Crippen LogP contribution in [0.3, 0.4) is 0 Å². The second-order valence-electron chi connectivity index (χ2n) is 5.42. The second kappa shape index (κ2) is 7.37. The maximum absolute atomic E-state index is 13.2. The van der Waals surface area contributed by atoms with E-state index in [9.17, 15) is 18.0 Å². The van der Waals surface area contributed by atoms with Gasteiger partial charge in [0.25, 0.3) is 0 Å². The Morgan fingerprint density at radius 1 is 1.22 bits per heavy atom. The van der Waals surface area contributed by atoms with Gasteiger partial charge >= 0.3 is 12.1 Å². The molecule has 4 nitrogen and oxygen atoms in total. The lowest BCUT2D eigenvalue weighted by molar-refractivity contribution is -0.187. The molecule has 0 aliphatic carbocycles. The lowest BCUT2D eigenvalue weighted by Gasteiger charge is -2.27. The van der Waals surface area contributed by atoms with Gasteiger partial charge in [0.2, 0.25) is 6.10 Å². The van der Waals surface area contributed by atoms with Crippen LogP contribution in [0.1, 0.15) is 5.56 Å². The predicted octanol–water partition coefficient (Wildman–Crippen LogP) is 6.45. The summed E-state index contributed by atoms with van der Waals surface area (Å²) in [4.78, 5) is 11.2. The topological polar surface area (TPSA) is 55.8 Å². The molecule has 27 heavy (non-hydrogen) atoms. The van der Waals surface area contributed by atoms with Crippen molar-refractivity contribution in [3.05, 3.63) is 55.4 Å². The molecule has 1 unspecified atom stereocenters. The lowest BCUT2D eigenvalue weighted by atomic mass is 10.0. The van der Waals surface area contributed by atoms with Crippen LogP contribution in [0.15, 0.2) is 44.9 Å². The molecular formula is C17H8Br2ClF3O4. The van der Waals surface area contributed by atoms with Crippen molar-refractivity contribution in [1.29, 1.82) is 0 Å². The van der Waals surface area contributed by atoms with E-state index in [1.54, 1.807) is 18.2 Å². The highest BCUT2D eigenvalue weighted by molar-refractivity contribution is 9.13. The van der Waals surface area contributed by atoms with Crippen molar-refractivity contribution in [3.63, 3.8) is 0 Å². The summed E-state index contributed by atoms with van der Waals surface area (Å²) in [5.74, 6) is -1.48. The number of carbonyl (C=O) groups is 1. The molecule has 1 N–H and O–H groups in total. The van der Waals surface area contributed by atoms with Crippen molar-refractivity contribution in [2.24, 2.45) is 0 Å². The van der Waals surface area contributed by atoms with Crippen molar-refractivity contribution < 1.29 is 32.5 Å². The van der Waals surface area contributed by atoms with Crippen molar-refractivity contribution in [2.75, 3.05) is 0 Å². The summed E-state index contributed by atoms with van der Waals surface area (Å²) in [5.41, 5.74) is -0.812. The molecule has 1 heterocycles. The molecule has 0 bridgehead atoms. The Morgan fingerprint density at radius 3 is 2.56 bits per heavy atom. The van der Waals surface area contributed by atoms with Crippen molar-refractivity contribution in [1.82, 2.24) is 0 Å². The van der Waals surface area contributed by atoms with Crippen LogP contribution in [0.4, 0.5) is 13.2 Å². The lowest BCUT2D eigenvalue weighted by Crippen LogP contribution is -2.40. The van der Waals surface area contributed by atoms with E-state index >= 15 is 0 Å². The molecule has 1 aliphatic rings. The summed E-state index contributed by atoms with van der Waals surface area (Å²) < 4.78 is 51.4. The minimum atomic E-state index is -4.89. The van der Waals surface area contributed by atoms with Gasteiger partial charge in [-0.05, 0) is 56.1 Å². The quantitative estimate of drug-likeness (QED) is 0.498. The average molecular weight is 529 g/mol. The molecule has 2 aromatic rings. The zero-order valence-electron chi connectivity index (χ0n) is 13.0. The molecule has 3 rings (SSSR count). The summed E-state index contributed by atoms with van der Waals surface area (Å²) in [5, 5.41) is 9.14. The van der Waals surface area contributed by atoms with Gasteiger partial charge in [-0.2, -0.15) is 13.2 Å². The van der Waals surface area contributed by atoms with E-state index in [2.05, 4.69) is 31.9 Å². The number of aliphatic carboxylic acids is 1. The second-order valence-corrected chi connectivity index (χ2v) is 7.47. The normalized spacial score (nSPS) is 16.2. The summed E-state index contributed by atoms with van der Waals surface area (Å²) in [6, 6.07) is 7.58. The Bertz CT molecular complexity index is 960. The van der Waals surface area contributed by atoms with Crippen molar-refractivity contribution in [2.45, 2.75) is 12.3 Å². The summed E-state index contributed by atoms with van der Waals surface area (Å²) in [6.45, 7) is 0. The monoisotopic (exact) mass is 526 g/mol. The highest BCUT2D eigenvalue weighted by Crippen LogP contribution is 2.44. The van der Waals surface area contributed by atoms with Crippen LogP contribution in [-0.4, -0.2) is 23.4 Å². The Morgan fingerprint density at radius 2 is 1.93 bits per heavy atom. The number of halogens is 6. The molecule has 1 aliphatic heterocycles. The standard InChI is InChI=1S/C17H8Br2ClF3O4/c18-9-2-1-3-11(14(9)19)26-13-6-12-7(5-10(13)20)4-8(16(24)25)15(27-12)17(21,22)23/h1-6,15H,(H,24,25). The zero-order chi connectivity index (χ0) is 19.9. The number of hydrogen-bond donors (Lipinski definition) is 1. The summed E-state index contributed by atoms with van der Waals surface area (Å²) in [7, 11) is 0. The number of hydrogen-bond acceptors (Lipinski definition) is 3. The Kier molecular flexibility index (Phi) is 5.47. The molecule has 0 radical (unpaired) electrons. The van der Waals surface area contributed by atoms with Crippen LogP contribution in [0.25, 0.3) is 6.08 Å². The van der Waals surface area contributed by atoms with Crippen LogP contribution in [0.5, 0.6) is 17.2 Å². The van der Waals surface area contributed by atoms with E-state index < -0.39 is 23.8 Å². The molecular weight excluding hydrogens is 520 g/mol. The third-order valence-electron chi connectivity index (χ3n) is 3.58. The van der Waals surface area contributed by atoms with Crippen LogP contribution in [0.2, 0.25) is 5.02 Å². The molecule has 0 fully saturated rings. The van der Waals surface area contributed by atoms with Crippen molar-refractivity contribution >= 4 is 55.5 Å². The predicted molar refractivity (Wildman–Crippen MR) is 99.5 cm³/mol. The van der Waals surface area contributed by atoms with E-state index in [1.165, 1.54) is 12.1 Å². The van der Waals surface area contributed by atoms with Crippen LogP contribution in [0, 0.1) is 0 Å². The molecule has 0 saturated heterocycles. The molecule has 0 saturated carbocycles.